The number of aliphatic hydroxyl groups is 1. The van der Waals surface area contributed by atoms with Crippen LogP contribution < -0.4 is 16.2 Å². The van der Waals surface area contributed by atoms with Crippen LogP contribution in [-0.4, -0.2) is 36.0 Å². The number of aliphatic hydroxyl groups excluding tert-OH is 1. The molecule has 7 N–H and O–H groups in total. The van der Waals surface area contributed by atoms with E-state index in [0.29, 0.717) is 17.9 Å². The summed E-state index contributed by atoms with van der Waals surface area (Å²) in [6, 6.07) is 5.39. The third kappa shape index (κ3) is 8.73. The highest BCUT2D eigenvalue weighted by molar-refractivity contribution is 7.79. The molecule has 18 heavy (non-hydrogen) atoms. The van der Waals surface area contributed by atoms with E-state index < -0.39 is 10.4 Å². The predicted molar refractivity (Wildman–Crippen MR) is 65.5 cm³/mol. The fraction of sp³-hybridized carbons (Fsp3) is 0.333. The van der Waals surface area contributed by atoms with E-state index >= 15 is 0 Å². The lowest BCUT2D eigenvalue weighted by Gasteiger charge is -2.07. The van der Waals surface area contributed by atoms with Crippen molar-refractivity contribution < 1.29 is 27.4 Å². The third-order valence-corrected chi connectivity index (χ3v) is 1.71. The quantitative estimate of drug-likeness (QED) is 0.279. The second-order valence-corrected chi connectivity index (χ2v) is 4.00. The van der Waals surface area contributed by atoms with Gasteiger partial charge < -0.3 is 15.6 Å². The Morgan fingerprint density at radius 2 is 1.83 bits per heavy atom. The largest absolute Gasteiger partial charge is 0.476 e. The van der Waals surface area contributed by atoms with Gasteiger partial charge in [0.05, 0.1) is 5.69 Å². The molecule has 0 saturated carbocycles. The van der Waals surface area contributed by atoms with Crippen molar-refractivity contribution in [3.8, 4) is 5.75 Å². The molecule has 0 atom stereocenters. The van der Waals surface area contributed by atoms with Crippen molar-refractivity contribution in [1.29, 1.82) is 0 Å². The van der Waals surface area contributed by atoms with Crippen LogP contribution in [0.3, 0.4) is 0 Å². The minimum Gasteiger partial charge on any atom is -0.476 e. The van der Waals surface area contributed by atoms with Gasteiger partial charge in [-0.05, 0) is 24.1 Å². The van der Waals surface area contributed by atoms with E-state index in [1.807, 2.05) is 6.07 Å². The van der Waals surface area contributed by atoms with E-state index in [9.17, 15) is 0 Å². The zero-order chi connectivity index (χ0) is 14.2. The Hall–Kier alpha value is -1.39. The van der Waals surface area contributed by atoms with E-state index in [4.69, 9.17) is 38.8 Å². The van der Waals surface area contributed by atoms with E-state index in [1.54, 1.807) is 12.1 Å². The van der Waals surface area contributed by atoms with Gasteiger partial charge in [0.25, 0.3) is 0 Å². The molecule has 0 radical (unpaired) electrons. The average Bonchev–Trinajstić information content (AvgIpc) is 2.20. The lowest BCUT2D eigenvalue weighted by molar-refractivity contribution is 0.299. The Morgan fingerprint density at radius 1 is 1.28 bits per heavy atom. The molecule has 0 amide bonds. The maximum atomic E-state index is 8.74. The number of benzene rings is 1. The fourth-order valence-electron chi connectivity index (χ4n) is 1.10. The highest BCUT2D eigenvalue weighted by atomic mass is 32.3. The summed E-state index contributed by atoms with van der Waals surface area (Å²) in [5, 5.41) is 8.69. The van der Waals surface area contributed by atoms with Crippen LogP contribution in [-0.2, 0) is 16.8 Å². The number of nitrogens with two attached hydrogens (primary N) is 2. The summed E-state index contributed by atoms with van der Waals surface area (Å²) in [4.78, 5) is 0. The maximum absolute atomic E-state index is 8.74. The summed E-state index contributed by atoms with van der Waals surface area (Å²) in [6.07, 6.45) is 0.604. The minimum atomic E-state index is -4.67. The molecule has 9 heteroatoms. The molecule has 0 aliphatic rings. The topological polar surface area (TPSA) is 156 Å². The molecular weight excluding hydrogens is 264 g/mol. The Kier molecular flexibility index (Phi) is 7.24. The number of anilines is 1. The number of nitrogen functional groups attached to an aromatic ring is 1. The van der Waals surface area contributed by atoms with Gasteiger partial charge in [0, 0.05) is 6.61 Å². The minimum absolute atomic E-state index is 0.115. The van der Waals surface area contributed by atoms with Crippen molar-refractivity contribution in [3.05, 3.63) is 23.8 Å². The van der Waals surface area contributed by atoms with Crippen molar-refractivity contribution >= 4 is 16.1 Å². The van der Waals surface area contributed by atoms with Crippen LogP contribution in [0.15, 0.2) is 18.2 Å². The van der Waals surface area contributed by atoms with Gasteiger partial charge in [-0.2, -0.15) is 8.42 Å². The molecule has 1 aromatic carbocycles. The van der Waals surface area contributed by atoms with Crippen LogP contribution in [0.1, 0.15) is 5.56 Å². The van der Waals surface area contributed by atoms with E-state index in [2.05, 4.69) is 0 Å². The number of hydrogen-bond donors (Lipinski definition) is 5. The molecule has 0 bridgehead atoms. The first-order valence-electron chi connectivity index (χ1n) is 4.80. The predicted octanol–water partition coefficient (Wildman–Crippen LogP) is -0.554. The fourth-order valence-corrected chi connectivity index (χ4v) is 1.10. The molecule has 0 heterocycles. The Balaban J connectivity index is 0.000000494. The number of ether oxygens (including phenoxy) is 1. The second-order valence-electron chi connectivity index (χ2n) is 3.10. The van der Waals surface area contributed by atoms with E-state index in [0.717, 1.165) is 5.56 Å². The zero-order valence-corrected chi connectivity index (χ0v) is 10.3. The Morgan fingerprint density at radius 3 is 2.22 bits per heavy atom. The van der Waals surface area contributed by atoms with E-state index in [-0.39, 0.29) is 13.3 Å². The first-order chi connectivity index (χ1) is 8.27. The molecule has 104 valence electrons. The van der Waals surface area contributed by atoms with Gasteiger partial charge in [-0.3, -0.25) is 14.8 Å². The molecule has 0 fully saturated rings. The molecule has 0 aliphatic carbocycles. The number of hydrogen-bond acceptors (Lipinski definition) is 6. The normalized spacial score (nSPS) is 10.4. The van der Waals surface area contributed by atoms with Gasteiger partial charge in [0.15, 0.2) is 0 Å². The smallest absolute Gasteiger partial charge is 0.394 e. The van der Waals surface area contributed by atoms with Crippen LogP contribution in [0, 0.1) is 0 Å². The standard InChI is InChI=1S/C9H14N2O2.H2O4S/c10-6-13-9-2-1-7(3-4-12)5-8(9)11;1-5(2,3)4/h1-2,5,12H,3-4,6,10-11H2;(H2,1,2,3,4). The first kappa shape index (κ1) is 16.6. The van der Waals surface area contributed by atoms with Crippen molar-refractivity contribution in [1.82, 2.24) is 0 Å². The third-order valence-electron chi connectivity index (χ3n) is 1.71. The summed E-state index contributed by atoms with van der Waals surface area (Å²) in [7, 11) is -4.67. The molecule has 0 unspecified atom stereocenters. The summed E-state index contributed by atoms with van der Waals surface area (Å²) < 4.78 is 36.6. The van der Waals surface area contributed by atoms with Crippen LogP contribution in [0.5, 0.6) is 5.75 Å². The lowest BCUT2D eigenvalue weighted by Crippen LogP contribution is -2.08. The van der Waals surface area contributed by atoms with Gasteiger partial charge in [-0.25, -0.2) is 0 Å². The highest BCUT2D eigenvalue weighted by Crippen LogP contribution is 2.22. The molecular formula is C9H16N2O6S. The molecule has 0 spiro atoms. The second kappa shape index (κ2) is 7.84. The van der Waals surface area contributed by atoms with Crippen molar-refractivity contribution in [3.63, 3.8) is 0 Å². The summed E-state index contributed by atoms with van der Waals surface area (Å²) in [5.74, 6) is 0.587. The van der Waals surface area contributed by atoms with Gasteiger partial charge >= 0.3 is 10.4 Å². The van der Waals surface area contributed by atoms with Gasteiger partial charge in [0.2, 0.25) is 0 Å². The monoisotopic (exact) mass is 280 g/mol. The highest BCUT2D eigenvalue weighted by Gasteiger charge is 2.00. The first-order valence-corrected chi connectivity index (χ1v) is 6.19. The van der Waals surface area contributed by atoms with Gasteiger partial charge in [-0.15, -0.1) is 0 Å². The molecule has 0 aliphatic heterocycles. The van der Waals surface area contributed by atoms with Crippen LogP contribution in [0.2, 0.25) is 0 Å². The van der Waals surface area contributed by atoms with Crippen LogP contribution in [0.25, 0.3) is 0 Å². The molecule has 1 aromatic rings. The van der Waals surface area contributed by atoms with Crippen molar-refractivity contribution in [2.75, 3.05) is 19.1 Å². The van der Waals surface area contributed by atoms with E-state index in [1.165, 1.54) is 0 Å². The van der Waals surface area contributed by atoms with Crippen LogP contribution in [0.4, 0.5) is 5.69 Å². The molecule has 0 saturated heterocycles. The Labute approximate surface area is 105 Å². The molecule has 8 nitrogen and oxygen atoms in total. The summed E-state index contributed by atoms with van der Waals surface area (Å²) in [6.45, 7) is 0.236. The zero-order valence-electron chi connectivity index (χ0n) is 9.48. The van der Waals surface area contributed by atoms with Gasteiger partial charge in [-0.1, -0.05) is 6.07 Å². The molecule has 0 aromatic heterocycles. The average molecular weight is 280 g/mol. The lowest BCUT2D eigenvalue weighted by atomic mass is 10.1. The van der Waals surface area contributed by atoms with Crippen LogP contribution >= 0.6 is 0 Å². The van der Waals surface area contributed by atoms with Crippen molar-refractivity contribution in [2.24, 2.45) is 5.73 Å². The number of rotatable bonds is 4. The SMILES string of the molecule is NCOc1ccc(CCO)cc1N.O=S(=O)(O)O. The maximum Gasteiger partial charge on any atom is 0.394 e. The summed E-state index contributed by atoms with van der Waals surface area (Å²) in [5.41, 5.74) is 12.4. The molecule has 1 rings (SSSR count). The van der Waals surface area contributed by atoms with Crippen molar-refractivity contribution in [2.45, 2.75) is 6.42 Å². The van der Waals surface area contributed by atoms with Gasteiger partial charge in [0.1, 0.15) is 12.5 Å². The summed E-state index contributed by atoms with van der Waals surface area (Å²) >= 11 is 0. The Bertz CT molecular complexity index is 454.